The molecule has 7 rings (SSSR count). The maximum absolute atomic E-state index is 15.0. The molecule has 0 aliphatic carbocycles. The zero-order chi connectivity index (χ0) is 63.4. The highest BCUT2D eigenvalue weighted by Gasteiger charge is 2.58. The minimum Gasteiger partial charge on any atom is -0.458 e. The second-order valence-corrected chi connectivity index (χ2v) is 45.8. The summed E-state index contributed by atoms with van der Waals surface area (Å²) in [4.78, 5) is 42.1. The molecule has 0 aromatic heterocycles. The molecule has 4 saturated heterocycles. The van der Waals surface area contributed by atoms with Crippen molar-refractivity contribution in [1.29, 1.82) is 0 Å². The van der Waals surface area contributed by atoms with Crippen LogP contribution in [0.3, 0.4) is 0 Å². The minimum absolute atomic E-state index is 0.0298. The molecule has 6 aliphatic heterocycles. The van der Waals surface area contributed by atoms with Crippen molar-refractivity contribution in [2.24, 2.45) is 29.6 Å². The van der Waals surface area contributed by atoms with Gasteiger partial charge in [-0.05, 0) is 171 Å². The number of hydrogen-bond donors (Lipinski definition) is 0. The van der Waals surface area contributed by atoms with Crippen molar-refractivity contribution < 1.29 is 56.1 Å². The summed E-state index contributed by atoms with van der Waals surface area (Å²) in [6.07, 6.45) is 7.38. The summed E-state index contributed by atoms with van der Waals surface area (Å²) in [5, 5.41) is -0.516. The molecule has 6 aliphatic rings. The van der Waals surface area contributed by atoms with Crippen LogP contribution in [0.2, 0.25) is 54.4 Å². The Hall–Kier alpha value is -2.58. The fourth-order valence-corrected chi connectivity index (χ4v) is 16.4. The molecular weight excluding hydrogens is 1120 g/mol. The molecule has 12 nitrogen and oxygen atoms in total. The molecule has 482 valence electrons. The molecule has 0 spiro atoms. The Morgan fingerprint density at radius 2 is 1.24 bits per heavy atom. The van der Waals surface area contributed by atoms with Crippen molar-refractivity contribution in [3.63, 3.8) is 0 Å². The predicted molar refractivity (Wildman–Crippen MR) is 350 cm³/mol. The molecule has 1 aromatic carbocycles. The molecule has 6 heterocycles. The van der Waals surface area contributed by atoms with Gasteiger partial charge in [-0.3, -0.25) is 9.59 Å². The van der Waals surface area contributed by atoms with Crippen LogP contribution >= 0.6 is 0 Å². The number of ether oxygens (including phenoxy) is 6. The third kappa shape index (κ3) is 18.8. The molecule has 15 heteroatoms. The number of benzene rings is 1. The van der Waals surface area contributed by atoms with E-state index in [9.17, 15) is 14.4 Å². The lowest BCUT2D eigenvalue weighted by molar-refractivity contribution is -0.266. The molecule has 0 N–H and O–H groups in total. The summed E-state index contributed by atoms with van der Waals surface area (Å²) in [5.41, 5.74) is 2.45. The molecule has 0 radical (unpaired) electrons. The van der Waals surface area contributed by atoms with Gasteiger partial charge in [0.2, 0.25) is 0 Å². The van der Waals surface area contributed by atoms with Crippen molar-refractivity contribution in [1.82, 2.24) is 0 Å². The van der Waals surface area contributed by atoms with E-state index < -0.39 is 79.8 Å². The number of hydrogen-bond acceptors (Lipinski definition) is 12. The first kappa shape index (κ1) is 71.5. The fraction of sp³-hybridized carbons (Fsp3) is 0.786. The molecule has 6 bridgehead atoms. The molecule has 85 heavy (non-hydrogen) atoms. The van der Waals surface area contributed by atoms with E-state index in [4.69, 9.17) is 41.7 Å². The summed E-state index contributed by atoms with van der Waals surface area (Å²) in [6.45, 7) is 55.9. The van der Waals surface area contributed by atoms with E-state index in [2.05, 4.69) is 155 Å². The molecule has 0 saturated carbocycles. The van der Waals surface area contributed by atoms with Crippen LogP contribution in [0.1, 0.15) is 198 Å². The van der Waals surface area contributed by atoms with Gasteiger partial charge in [-0.2, -0.15) is 0 Å². The van der Waals surface area contributed by atoms with Gasteiger partial charge >= 0.3 is 11.9 Å². The minimum atomic E-state index is -2.63. The number of esters is 2. The number of carbonyl (C=O) groups is 3. The topological polar surface area (TPSA) is 134 Å². The number of rotatable bonds is 12. The molecule has 2 unspecified atom stereocenters. The van der Waals surface area contributed by atoms with E-state index >= 15 is 0 Å². The maximum Gasteiger partial charge on any atom is 0.338 e. The van der Waals surface area contributed by atoms with Crippen LogP contribution in [0, 0.1) is 29.6 Å². The lowest BCUT2D eigenvalue weighted by Gasteiger charge is -2.56. The van der Waals surface area contributed by atoms with Crippen LogP contribution in [0.25, 0.3) is 0 Å². The average molecular weight is 1240 g/mol. The molecule has 0 amide bonds. The summed E-state index contributed by atoms with van der Waals surface area (Å²) in [6, 6.07) is 9.20. The van der Waals surface area contributed by atoms with Crippen LogP contribution in [0.4, 0.5) is 0 Å². The van der Waals surface area contributed by atoms with Gasteiger partial charge in [0.1, 0.15) is 42.4 Å². The van der Waals surface area contributed by atoms with E-state index in [-0.39, 0.29) is 81.6 Å². The average Bonchev–Trinajstić information content (AvgIpc) is 2.02. The smallest absolute Gasteiger partial charge is 0.338 e. The summed E-state index contributed by atoms with van der Waals surface area (Å²) in [7, 11) is -7.82. The van der Waals surface area contributed by atoms with Crippen LogP contribution in [-0.2, 0) is 51.3 Å². The number of ketones is 1. The summed E-state index contributed by atoms with van der Waals surface area (Å²) in [5.74, 6) is 0.237. The van der Waals surface area contributed by atoms with E-state index in [1.807, 2.05) is 24.3 Å². The molecule has 4 fully saturated rings. The Kier molecular flexibility index (Phi) is 24.5. The molecular formula is C70H118O12Si3. The third-order valence-corrected chi connectivity index (χ3v) is 34.9. The van der Waals surface area contributed by atoms with E-state index in [1.165, 1.54) is 6.92 Å². The van der Waals surface area contributed by atoms with Crippen molar-refractivity contribution in [3.05, 3.63) is 72.4 Å². The predicted octanol–water partition coefficient (Wildman–Crippen LogP) is 16.9. The Labute approximate surface area is 519 Å². The highest BCUT2D eigenvalue weighted by molar-refractivity contribution is 6.75. The second kappa shape index (κ2) is 29.1. The largest absolute Gasteiger partial charge is 0.458 e. The number of carbonyl (C=O) groups excluding carboxylic acids is 3. The van der Waals surface area contributed by atoms with Crippen LogP contribution in [-0.4, -0.2) is 122 Å². The quantitative estimate of drug-likeness (QED) is 0.112. The van der Waals surface area contributed by atoms with Crippen molar-refractivity contribution in [2.75, 3.05) is 0 Å². The fourth-order valence-electron chi connectivity index (χ4n) is 12.6. The van der Waals surface area contributed by atoms with E-state index in [0.717, 1.165) is 49.7 Å². The Balaban J connectivity index is 1.49. The van der Waals surface area contributed by atoms with Gasteiger partial charge in [-0.15, -0.1) is 0 Å². The highest BCUT2D eigenvalue weighted by atomic mass is 28.4. The van der Waals surface area contributed by atoms with E-state index in [1.54, 1.807) is 12.1 Å². The van der Waals surface area contributed by atoms with Gasteiger partial charge in [0.05, 0.1) is 48.3 Å². The zero-order valence-electron chi connectivity index (χ0n) is 56.9. The first-order valence-corrected chi connectivity index (χ1v) is 41.7. The maximum atomic E-state index is 15.0. The Morgan fingerprint density at radius 1 is 0.659 bits per heavy atom. The van der Waals surface area contributed by atoms with E-state index in [0.29, 0.717) is 55.9 Å². The van der Waals surface area contributed by atoms with Gasteiger partial charge in [0.15, 0.2) is 25.0 Å². The lowest BCUT2D eigenvalue weighted by Crippen LogP contribution is -2.69. The highest BCUT2D eigenvalue weighted by Crippen LogP contribution is 2.49. The van der Waals surface area contributed by atoms with Crippen molar-refractivity contribution in [2.45, 2.75) is 321 Å². The second-order valence-electron chi connectivity index (χ2n) is 31.5. The van der Waals surface area contributed by atoms with Crippen LogP contribution in [0.15, 0.2) is 66.8 Å². The van der Waals surface area contributed by atoms with Crippen molar-refractivity contribution in [3.8, 4) is 0 Å². The zero-order valence-corrected chi connectivity index (χ0v) is 59.9. The van der Waals surface area contributed by atoms with Crippen LogP contribution < -0.4 is 0 Å². The number of Topliss-reactive ketones (excluding diaryl/α,β-unsaturated/α-hetero) is 1. The van der Waals surface area contributed by atoms with Gasteiger partial charge in [0, 0.05) is 26.2 Å². The first-order chi connectivity index (χ1) is 39.3. The first-order valence-electron chi connectivity index (χ1n) is 33.0. The lowest BCUT2D eigenvalue weighted by atomic mass is 9.78. The SMILES string of the molecule is C=C1CC2CCC(OC(=O)c3ccccc3)C=C[C@H](O[Si](C)(C)C(C)(C)C)[C@@H]3O[C@H]4CC[C@H](CC(=O)C[C@@H]5[C@@H](C)[C@@H](C[C@H](C)CC)O[C@H]5C[C@@H](OC(C)=O)C(=C)[C@H](C)C[C@H](C)CC[C@@H]1O2)O[C@@H]4[C@H](O[Si](C)(C)C(C)(C)C)[C@@H]3O[Si](C)(C)C(C)(C)C. The van der Waals surface area contributed by atoms with Gasteiger partial charge in [-0.1, -0.05) is 141 Å². The van der Waals surface area contributed by atoms with Gasteiger partial charge in [0.25, 0.3) is 0 Å². The summed E-state index contributed by atoms with van der Waals surface area (Å²) >= 11 is 0. The Bertz CT molecular complexity index is 2420. The third-order valence-electron chi connectivity index (χ3n) is 21.5. The molecule has 18 atom stereocenters. The molecule has 1 aromatic rings. The number of fused-ring (bicyclic) bond motifs is 15. The monoisotopic (exact) mass is 1230 g/mol. The standard InChI is InChI=1S/C70H118O12Si3/c1-24-44(2)39-60-49(7)56-42-52(72)41-55-34-36-58-63(76-55)65(81-84(20,21)69(12,13)14)66(82-85(22,23)70(15,16)17)64(79-58)59(80-83(18,19)68(9,10)11)37-33-53(77-67(73)51-28-26-25-27-29-51)31-32-54-40-47(5)57(75-54)35-30-45(3)38-46(4)48(6)61(74-50(8)71)43-62(56)78-60/h25-29,33,37,44-46,49,53-66H,5-6,24,30-32,34-36,38-43H2,1-4,7-23H3/t44-,45-,46-,49-,53?,54?,55-,56-,57+,58+,59+,60-,61-,62+,63+,64+,65+,66-/m1/s1. The Morgan fingerprint density at radius 3 is 1.82 bits per heavy atom. The normalized spacial score (nSPS) is 34.4. The summed E-state index contributed by atoms with van der Waals surface area (Å²) < 4.78 is 64.9. The van der Waals surface area contributed by atoms with Gasteiger partial charge in [-0.25, -0.2) is 4.79 Å². The van der Waals surface area contributed by atoms with Crippen molar-refractivity contribution >= 4 is 42.7 Å². The van der Waals surface area contributed by atoms with Gasteiger partial charge < -0.3 is 41.7 Å². The van der Waals surface area contributed by atoms with Crippen LogP contribution in [0.5, 0.6) is 0 Å².